The molecule has 0 spiro atoms. The summed E-state index contributed by atoms with van der Waals surface area (Å²) in [5.41, 5.74) is 0. The Morgan fingerprint density at radius 1 is 0.342 bits per heavy atom. The van der Waals surface area contributed by atoms with E-state index in [0.29, 0.717) is 19.4 Å². The van der Waals surface area contributed by atoms with Crippen LogP contribution in [0.4, 0.5) is 0 Å². The van der Waals surface area contributed by atoms with E-state index in [1.165, 1.54) is 334 Å². The van der Waals surface area contributed by atoms with Crippen LogP contribution in [0.5, 0.6) is 0 Å². The zero-order chi connectivity index (χ0) is 57.1. The summed E-state index contributed by atoms with van der Waals surface area (Å²) in [7, 11) is 0. The summed E-state index contributed by atoms with van der Waals surface area (Å²) in [6, 6.07) is -0.626. The Morgan fingerprint density at radius 2 is 0.595 bits per heavy atom. The average molecular weight is 1110 g/mol. The van der Waals surface area contributed by atoms with Gasteiger partial charge in [0.15, 0.2) is 0 Å². The predicted molar refractivity (Wildman–Crippen MR) is 347 cm³/mol. The van der Waals surface area contributed by atoms with E-state index in [1.807, 2.05) is 6.08 Å². The van der Waals surface area contributed by atoms with E-state index in [9.17, 15) is 19.8 Å². The largest absolute Gasteiger partial charge is 0.466 e. The van der Waals surface area contributed by atoms with Crippen LogP contribution in [0.15, 0.2) is 24.3 Å². The minimum absolute atomic E-state index is 0.0105. The Bertz CT molecular complexity index is 1230. The molecule has 0 fully saturated rings. The van der Waals surface area contributed by atoms with Gasteiger partial charge >= 0.3 is 5.97 Å². The monoisotopic (exact) mass is 1110 g/mol. The summed E-state index contributed by atoms with van der Waals surface area (Å²) in [5, 5.41) is 23.3. The Kier molecular flexibility index (Phi) is 67.4. The SMILES string of the molecule is CCCCCC/C=C\CCCCCCCC(=O)OCCCCCCCCCCCCCCCCCCCCCCCCCCCCCCCC(=O)NC(CO)C(O)/C=C/CCCCCCCCCCCCCCCCCCCC. The van der Waals surface area contributed by atoms with E-state index in [4.69, 9.17) is 4.74 Å². The Hall–Kier alpha value is -1.66. The van der Waals surface area contributed by atoms with Gasteiger partial charge < -0.3 is 20.3 Å². The highest BCUT2D eigenvalue weighted by Gasteiger charge is 2.18. The lowest BCUT2D eigenvalue weighted by molar-refractivity contribution is -0.143. The molecule has 1 amide bonds. The van der Waals surface area contributed by atoms with Crippen molar-refractivity contribution < 1.29 is 24.5 Å². The van der Waals surface area contributed by atoms with Crippen LogP contribution >= 0.6 is 0 Å². The van der Waals surface area contributed by atoms with Crippen LogP contribution in [-0.4, -0.2) is 47.4 Å². The number of aliphatic hydroxyl groups excluding tert-OH is 2. The summed E-state index contributed by atoms with van der Waals surface area (Å²) in [4.78, 5) is 24.6. The quantitative estimate of drug-likeness (QED) is 0.0320. The standard InChI is InChI=1S/C73H141NO5/c1-3-5-7-9-11-13-15-17-18-19-20-32-35-38-42-45-49-53-57-61-65-71(76)70(69-75)74-72(77)66-62-58-54-50-46-43-39-36-33-30-28-26-24-22-21-23-25-27-29-31-34-37-40-44-48-52-56-60-64-68-79-73(78)67-63-59-55-51-47-41-16-14-12-10-8-6-4-2/h14,16,61,65,70-71,75-76H,3-13,15,17-60,62-64,66-69H2,1-2H3,(H,74,77)/b16-14-,65-61+. The van der Waals surface area contributed by atoms with Crippen molar-refractivity contribution in [3.8, 4) is 0 Å². The average Bonchev–Trinajstić information content (AvgIpc) is 3.45. The molecule has 0 aliphatic rings. The predicted octanol–water partition coefficient (Wildman–Crippen LogP) is 23.3. The highest BCUT2D eigenvalue weighted by atomic mass is 16.5. The Labute approximate surface area is 494 Å². The van der Waals surface area contributed by atoms with Crippen LogP contribution in [0.1, 0.15) is 406 Å². The van der Waals surface area contributed by atoms with Crippen LogP contribution in [-0.2, 0) is 14.3 Å². The number of rotatable bonds is 68. The first-order chi connectivity index (χ1) is 39.0. The number of nitrogens with one attached hydrogen (secondary N) is 1. The van der Waals surface area contributed by atoms with Crippen molar-refractivity contribution in [2.45, 2.75) is 418 Å². The van der Waals surface area contributed by atoms with Crippen LogP contribution in [0.2, 0.25) is 0 Å². The number of amides is 1. The number of carbonyl (C=O) groups excluding carboxylic acids is 2. The lowest BCUT2D eigenvalue weighted by atomic mass is 10.0. The van der Waals surface area contributed by atoms with E-state index < -0.39 is 12.1 Å². The number of carbonyl (C=O) groups is 2. The molecule has 0 aliphatic carbocycles. The second-order valence-electron chi connectivity index (χ2n) is 24.9. The zero-order valence-corrected chi connectivity index (χ0v) is 53.6. The fourth-order valence-electron chi connectivity index (χ4n) is 11.5. The van der Waals surface area contributed by atoms with Crippen molar-refractivity contribution >= 4 is 11.9 Å². The van der Waals surface area contributed by atoms with Crippen molar-refractivity contribution in [1.82, 2.24) is 5.32 Å². The number of unbranched alkanes of at least 4 members (excludes halogenated alkanes) is 55. The molecule has 0 aromatic carbocycles. The summed E-state index contributed by atoms with van der Waals surface area (Å²) < 4.78 is 5.48. The summed E-state index contributed by atoms with van der Waals surface area (Å²) in [6.45, 7) is 4.93. The van der Waals surface area contributed by atoms with Gasteiger partial charge in [-0.1, -0.05) is 359 Å². The normalized spacial score (nSPS) is 12.6. The summed E-state index contributed by atoms with van der Waals surface area (Å²) in [5.74, 6) is -0.0499. The number of hydrogen-bond donors (Lipinski definition) is 3. The molecule has 0 heterocycles. The van der Waals surface area contributed by atoms with E-state index in [1.54, 1.807) is 6.08 Å². The van der Waals surface area contributed by atoms with Gasteiger partial charge in [0.05, 0.1) is 25.4 Å². The van der Waals surface area contributed by atoms with Gasteiger partial charge in [0.1, 0.15) is 0 Å². The molecule has 0 aromatic rings. The third-order valence-corrected chi connectivity index (χ3v) is 17.0. The number of aliphatic hydroxyl groups is 2. The molecule has 0 radical (unpaired) electrons. The minimum Gasteiger partial charge on any atom is -0.466 e. The maximum Gasteiger partial charge on any atom is 0.305 e. The second-order valence-corrected chi connectivity index (χ2v) is 24.9. The first-order valence-electron chi connectivity index (χ1n) is 36.1. The maximum absolute atomic E-state index is 12.5. The van der Waals surface area contributed by atoms with Gasteiger partial charge in [0.2, 0.25) is 5.91 Å². The smallest absolute Gasteiger partial charge is 0.305 e. The van der Waals surface area contributed by atoms with Crippen LogP contribution < -0.4 is 5.32 Å². The van der Waals surface area contributed by atoms with E-state index in [2.05, 4.69) is 31.3 Å². The number of ether oxygens (including phenoxy) is 1. The molecule has 2 unspecified atom stereocenters. The number of hydrogen-bond acceptors (Lipinski definition) is 5. The molecule has 0 saturated carbocycles. The van der Waals surface area contributed by atoms with Gasteiger partial charge in [-0.15, -0.1) is 0 Å². The first-order valence-corrected chi connectivity index (χ1v) is 36.1. The molecule has 0 saturated heterocycles. The van der Waals surface area contributed by atoms with Crippen molar-refractivity contribution in [3.05, 3.63) is 24.3 Å². The fraction of sp³-hybridized carbons (Fsp3) is 0.918. The fourth-order valence-corrected chi connectivity index (χ4v) is 11.5. The minimum atomic E-state index is -0.843. The van der Waals surface area contributed by atoms with Crippen LogP contribution in [0, 0.1) is 0 Å². The maximum atomic E-state index is 12.5. The molecule has 6 nitrogen and oxygen atoms in total. The molecule has 0 rings (SSSR count). The topological polar surface area (TPSA) is 95.9 Å². The highest BCUT2D eigenvalue weighted by molar-refractivity contribution is 5.76. The zero-order valence-electron chi connectivity index (χ0n) is 53.6. The Morgan fingerprint density at radius 3 is 0.911 bits per heavy atom. The lowest BCUT2D eigenvalue weighted by Crippen LogP contribution is -2.45. The molecule has 468 valence electrons. The van der Waals surface area contributed by atoms with Crippen molar-refractivity contribution in [1.29, 1.82) is 0 Å². The van der Waals surface area contributed by atoms with Crippen molar-refractivity contribution in [2.24, 2.45) is 0 Å². The Balaban J connectivity index is 3.36. The number of allylic oxidation sites excluding steroid dienone is 3. The molecular formula is C73H141NO5. The van der Waals surface area contributed by atoms with Crippen LogP contribution in [0.3, 0.4) is 0 Å². The van der Waals surface area contributed by atoms with Gasteiger partial charge in [-0.2, -0.15) is 0 Å². The van der Waals surface area contributed by atoms with Gasteiger partial charge in [-0.25, -0.2) is 0 Å². The molecular weight excluding hydrogens is 971 g/mol. The second kappa shape index (κ2) is 68.8. The van der Waals surface area contributed by atoms with Gasteiger partial charge in [-0.3, -0.25) is 9.59 Å². The first kappa shape index (κ1) is 77.3. The lowest BCUT2D eigenvalue weighted by Gasteiger charge is -2.20. The van der Waals surface area contributed by atoms with Crippen molar-refractivity contribution in [3.63, 3.8) is 0 Å². The number of esters is 1. The third-order valence-electron chi connectivity index (χ3n) is 17.0. The van der Waals surface area contributed by atoms with Gasteiger partial charge in [0.25, 0.3) is 0 Å². The third kappa shape index (κ3) is 65.4. The molecule has 0 aromatic heterocycles. The highest BCUT2D eigenvalue weighted by Crippen LogP contribution is 2.19. The molecule has 79 heavy (non-hydrogen) atoms. The molecule has 3 N–H and O–H groups in total. The molecule has 0 aliphatic heterocycles. The van der Waals surface area contributed by atoms with E-state index >= 15 is 0 Å². The molecule has 2 atom stereocenters. The molecule has 0 bridgehead atoms. The molecule has 6 heteroatoms. The van der Waals surface area contributed by atoms with Crippen molar-refractivity contribution in [2.75, 3.05) is 13.2 Å². The summed E-state index contributed by atoms with van der Waals surface area (Å²) in [6.07, 6.45) is 86.9. The van der Waals surface area contributed by atoms with Crippen LogP contribution in [0.25, 0.3) is 0 Å². The van der Waals surface area contributed by atoms with Gasteiger partial charge in [0, 0.05) is 12.8 Å². The van der Waals surface area contributed by atoms with Gasteiger partial charge in [-0.05, 0) is 57.8 Å². The summed E-state index contributed by atoms with van der Waals surface area (Å²) >= 11 is 0. The van der Waals surface area contributed by atoms with E-state index in [-0.39, 0.29) is 18.5 Å². The van der Waals surface area contributed by atoms with E-state index in [0.717, 1.165) is 44.9 Å².